The summed E-state index contributed by atoms with van der Waals surface area (Å²) in [7, 11) is 0.419. The molecule has 0 radical (unpaired) electrons. The van der Waals surface area contributed by atoms with E-state index in [1.165, 1.54) is 4.31 Å². The van der Waals surface area contributed by atoms with Gasteiger partial charge in [0.1, 0.15) is 0 Å². The highest BCUT2D eigenvalue weighted by atomic mass is 32.2. The third-order valence-electron chi connectivity index (χ3n) is 3.93. The Balaban J connectivity index is 2.01. The number of nitrogens with zero attached hydrogens (tertiary/aromatic N) is 2. The van der Waals surface area contributed by atoms with Crippen molar-refractivity contribution in [2.24, 2.45) is 0 Å². The molecule has 0 atom stereocenters. The van der Waals surface area contributed by atoms with Gasteiger partial charge in [0.15, 0.2) is 0 Å². The summed E-state index contributed by atoms with van der Waals surface area (Å²) in [6, 6.07) is 14.6. The number of amides is 1. The molecule has 0 saturated carbocycles. The number of rotatable bonds is 7. The van der Waals surface area contributed by atoms with Gasteiger partial charge in [0.05, 0.1) is 11.9 Å². The molecule has 0 bridgehead atoms. The van der Waals surface area contributed by atoms with Crippen LogP contribution in [0.2, 0.25) is 0 Å². The van der Waals surface area contributed by atoms with Crippen molar-refractivity contribution < 1.29 is 13.2 Å². The fourth-order valence-corrected chi connectivity index (χ4v) is 3.39. The maximum Gasteiger partial charge on any atom is 0.232 e. The average Bonchev–Trinajstić information content (AvgIpc) is 2.56. The molecule has 0 aliphatic rings. The van der Waals surface area contributed by atoms with Crippen LogP contribution in [0, 0.1) is 6.92 Å². The minimum Gasteiger partial charge on any atom is -0.378 e. The standard InChI is InChI=1S/C19H25N3O3S/c1-15-5-9-18(10-6-15)22(26(4,24)25)14-13-19(23)20-16-7-11-17(12-8-16)21(2)3/h5-12H,13-14H2,1-4H3,(H,20,23). The minimum absolute atomic E-state index is 0.0659. The summed E-state index contributed by atoms with van der Waals surface area (Å²) in [5.41, 5.74) is 3.31. The highest BCUT2D eigenvalue weighted by Crippen LogP contribution is 2.19. The summed E-state index contributed by atoms with van der Waals surface area (Å²) in [4.78, 5) is 14.2. The summed E-state index contributed by atoms with van der Waals surface area (Å²) >= 11 is 0. The first-order chi connectivity index (χ1) is 12.2. The van der Waals surface area contributed by atoms with Crippen molar-refractivity contribution in [2.45, 2.75) is 13.3 Å². The number of aryl methyl sites for hydroxylation is 1. The molecule has 0 fully saturated rings. The molecule has 1 N–H and O–H groups in total. The quantitative estimate of drug-likeness (QED) is 0.808. The normalized spacial score (nSPS) is 11.1. The number of hydrogen-bond acceptors (Lipinski definition) is 4. The highest BCUT2D eigenvalue weighted by Gasteiger charge is 2.18. The third kappa shape index (κ3) is 5.49. The molecule has 26 heavy (non-hydrogen) atoms. The van der Waals surface area contributed by atoms with E-state index in [1.54, 1.807) is 12.1 Å². The zero-order chi connectivity index (χ0) is 19.3. The van der Waals surface area contributed by atoms with Gasteiger partial charge in [0.25, 0.3) is 0 Å². The molecule has 0 aliphatic heterocycles. The topological polar surface area (TPSA) is 69.7 Å². The van der Waals surface area contributed by atoms with E-state index in [-0.39, 0.29) is 18.9 Å². The van der Waals surface area contributed by atoms with E-state index in [4.69, 9.17) is 0 Å². The predicted octanol–water partition coefficient (Wildman–Crippen LogP) is 2.86. The molecule has 0 heterocycles. The zero-order valence-corrected chi connectivity index (χ0v) is 16.4. The molecule has 2 aromatic carbocycles. The van der Waals surface area contributed by atoms with Gasteiger partial charge in [-0.1, -0.05) is 17.7 Å². The number of carbonyl (C=O) groups excluding carboxylic acids is 1. The fourth-order valence-electron chi connectivity index (χ4n) is 2.47. The average molecular weight is 375 g/mol. The highest BCUT2D eigenvalue weighted by molar-refractivity contribution is 7.92. The van der Waals surface area contributed by atoms with Crippen LogP contribution in [0.5, 0.6) is 0 Å². The van der Waals surface area contributed by atoms with Gasteiger partial charge in [-0.15, -0.1) is 0 Å². The maximum absolute atomic E-state index is 12.2. The largest absolute Gasteiger partial charge is 0.378 e. The molecule has 0 spiro atoms. The van der Waals surface area contributed by atoms with E-state index in [0.717, 1.165) is 17.5 Å². The zero-order valence-electron chi connectivity index (χ0n) is 15.6. The first-order valence-electron chi connectivity index (χ1n) is 8.28. The van der Waals surface area contributed by atoms with E-state index in [1.807, 2.05) is 62.3 Å². The lowest BCUT2D eigenvalue weighted by atomic mass is 10.2. The summed E-state index contributed by atoms with van der Waals surface area (Å²) in [5.74, 6) is -0.233. The van der Waals surface area contributed by atoms with Crippen molar-refractivity contribution in [1.29, 1.82) is 0 Å². The lowest BCUT2D eigenvalue weighted by Gasteiger charge is -2.22. The number of hydrogen-bond donors (Lipinski definition) is 1. The van der Waals surface area contributed by atoms with Crippen LogP contribution in [-0.2, 0) is 14.8 Å². The summed E-state index contributed by atoms with van der Waals surface area (Å²) < 4.78 is 25.4. The second kappa shape index (κ2) is 8.23. The molecule has 1 amide bonds. The molecule has 0 aromatic heterocycles. The van der Waals surface area contributed by atoms with Gasteiger partial charge in [0.2, 0.25) is 15.9 Å². The van der Waals surface area contributed by atoms with Crippen molar-refractivity contribution in [3.05, 3.63) is 54.1 Å². The molecular formula is C19H25N3O3S. The molecule has 0 unspecified atom stereocenters. The summed E-state index contributed by atoms with van der Waals surface area (Å²) in [5, 5.41) is 2.80. The van der Waals surface area contributed by atoms with Crippen molar-refractivity contribution in [1.82, 2.24) is 0 Å². The Morgan fingerprint density at radius 3 is 2.00 bits per heavy atom. The van der Waals surface area contributed by atoms with E-state index >= 15 is 0 Å². The molecule has 2 rings (SSSR count). The monoisotopic (exact) mass is 375 g/mol. The molecular weight excluding hydrogens is 350 g/mol. The first kappa shape index (κ1) is 19.8. The van der Waals surface area contributed by atoms with Crippen LogP contribution in [-0.4, -0.2) is 41.2 Å². The summed E-state index contributed by atoms with van der Waals surface area (Å²) in [6.45, 7) is 2.02. The van der Waals surface area contributed by atoms with Crippen LogP contribution in [0.15, 0.2) is 48.5 Å². The van der Waals surface area contributed by atoms with Crippen LogP contribution in [0.3, 0.4) is 0 Å². The minimum atomic E-state index is -3.47. The van der Waals surface area contributed by atoms with Crippen LogP contribution >= 0.6 is 0 Å². The van der Waals surface area contributed by atoms with Gasteiger partial charge in [-0.05, 0) is 43.3 Å². The molecule has 6 nitrogen and oxygen atoms in total. The molecule has 0 aliphatic carbocycles. The maximum atomic E-state index is 12.2. The van der Waals surface area contributed by atoms with Crippen LogP contribution in [0.4, 0.5) is 17.1 Å². The SMILES string of the molecule is Cc1ccc(N(CCC(=O)Nc2ccc(N(C)C)cc2)S(C)(=O)=O)cc1. The Morgan fingerprint density at radius 1 is 0.962 bits per heavy atom. The second-order valence-electron chi connectivity index (χ2n) is 6.41. The van der Waals surface area contributed by atoms with Gasteiger partial charge in [0, 0.05) is 38.4 Å². The number of sulfonamides is 1. The third-order valence-corrected chi connectivity index (χ3v) is 5.13. The van der Waals surface area contributed by atoms with Crippen molar-refractivity contribution in [2.75, 3.05) is 41.4 Å². The van der Waals surface area contributed by atoms with E-state index in [2.05, 4.69) is 5.32 Å². The van der Waals surface area contributed by atoms with Crippen molar-refractivity contribution >= 4 is 33.0 Å². The molecule has 0 saturated heterocycles. The number of anilines is 3. The van der Waals surface area contributed by atoms with E-state index in [9.17, 15) is 13.2 Å². The van der Waals surface area contributed by atoms with Crippen LogP contribution in [0.1, 0.15) is 12.0 Å². The Kier molecular flexibility index (Phi) is 6.26. The Bertz CT molecular complexity index is 845. The second-order valence-corrected chi connectivity index (χ2v) is 8.32. The van der Waals surface area contributed by atoms with Gasteiger partial charge >= 0.3 is 0 Å². The van der Waals surface area contributed by atoms with Crippen molar-refractivity contribution in [3.8, 4) is 0 Å². The van der Waals surface area contributed by atoms with E-state index < -0.39 is 10.0 Å². The predicted molar refractivity (Wildman–Crippen MR) is 107 cm³/mol. The Hall–Kier alpha value is -2.54. The first-order valence-corrected chi connectivity index (χ1v) is 10.1. The molecule has 7 heteroatoms. The van der Waals surface area contributed by atoms with Crippen molar-refractivity contribution in [3.63, 3.8) is 0 Å². The smallest absolute Gasteiger partial charge is 0.232 e. The Morgan fingerprint density at radius 2 is 1.50 bits per heavy atom. The summed E-state index contributed by atoms with van der Waals surface area (Å²) in [6.07, 6.45) is 1.21. The lowest BCUT2D eigenvalue weighted by Crippen LogP contribution is -2.33. The number of carbonyl (C=O) groups is 1. The molecule has 140 valence electrons. The number of benzene rings is 2. The van der Waals surface area contributed by atoms with Gasteiger partial charge < -0.3 is 10.2 Å². The van der Waals surface area contributed by atoms with E-state index in [0.29, 0.717) is 11.4 Å². The lowest BCUT2D eigenvalue weighted by molar-refractivity contribution is -0.116. The fraction of sp³-hybridized carbons (Fsp3) is 0.316. The van der Waals surface area contributed by atoms with Gasteiger partial charge in [-0.25, -0.2) is 8.42 Å². The van der Waals surface area contributed by atoms with Crippen LogP contribution < -0.4 is 14.5 Å². The van der Waals surface area contributed by atoms with Crippen LogP contribution in [0.25, 0.3) is 0 Å². The van der Waals surface area contributed by atoms with Gasteiger partial charge in [-0.3, -0.25) is 9.10 Å². The molecule has 2 aromatic rings. The Labute approximate surface area is 155 Å². The van der Waals surface area contributed by atoms with Gasteiger partial charge in [-0.2, -0.15) is 0 Å². The number of nitrogens with one attached hydrogen (secondary N) is 1.